The van der Waals surface area contributed by atoms with Gasteiger partial charge in [-0.15, -0.1) is 0 Å². The molecule has 100 valence electrons. The van der Waals surface area contributed by atoms with Gasteiger partial charge in [0.25, 0.3) is 10.0 Å². The number of anilines is 2. The van der Waals surface area contributed by atoms with E-state index >= 15 is 0 Å². The van der Waals surface area contributed by atoms with E-state index in [-0.39, 0.29) is 21.3 Å². The van der Waals surface area contributed by atoms with Crippen LogP contribution in [0.1, 0.15) is 0 Å². The monoisotopic (exact) mass is 360 g/mol. The first-order valence-electron chi connectivity index (χ1n) is 5.22. The molecule has 19 heavy (non-hydrogen) atoms. The molecular weight excluding hydrogens is 352 g/mol. The third kappa shape index (κ3) is 3.20. The lowest BCUT2D eigenvalue weighted by Crippen LogP contribution is -2.14. The average Bonchev–Trinajstić information content (AvgIpc) is 2.35. The fourth-order valence-electron chi connectivity index (χ4n) is 1.46. The zero-order valence-corrected chi connectivity index (χ0v) is 12.8. The van der Waals surface area contributed by atoms with Crippen molar-refractivity contribution in [3.05, 3.63) is 52.0 Å². The molecule has 0 aliphatic rings. The zero-order chi connectivity index (χ0) is 14.0. The third-order valence-electron chi connectivity index (χ3n) is 2.41. The number of sulfonamides is 1. The molecule has 0 aliphatic heterocycles. The minimum absolute atomic E-state index is 0.134. The Labute approximate surface area is 124 Å². The Hall–Kier alpha value is -1.24. The number of rotatable bonds is 3. The van der Waals surface area contributed by atoms with Gasteiger partial charge < -0.3 is 5.73 Å². The van der Waals surface area contributed by atoms with E-state index in [2.05, 4.69) is 20.7 Å². The van der Waals surface area contributed by atoms with Crippen molar-refractivity contribution in [2.24, 2.45) is 0 Å². The second-order valence-electron chi connectivity index (χ2n) is 3.76. The van der Waals surface area contributed by atoms with Crippen molar-refractivity contribution in [3.8, 4) is 0 Å². The van der Waals surface area contributed by atoms with Gasteiger partial charge in [-0.25, -0.2) is 8.42 Å². The highest BCUT2D eigenvalue weighted by atomic mass is 79.9. The standard InChI is InChI=1S/C12H10BrClN2O2S/c13-8-4-6-9(7-5-8)19(17,18)16-12-10(14)2-1-3-11(12)15/h1-7,16H,15H2. The van der Waals surface area contributed by atoms with Gasteiger partial charge in [0.15, 0.2) is 0 Å². The summed E-state index contributed by atoms with van der Waals surface area (Å²) in [5, 5.41) is 0.251. The Balaban J connectivity index is 2.39. The van der Waals surface area contributed by atoms with E-state index in [0.717, 1.165) is 4.47 Å². The molecule has 0 bridgehead atoms. The molecule has 3 N–H and O–H groups in total. The van der Waals surface area contributed by atoms with Gasteiger partial charge in [-0.1, -0.05) is 33.6 Å². The van der Waals surface area contributed by atoms with Crippen LogP contribution in [-0.2, 0) is 10.0 Å². The molecule has 2 aromatic rings. The fraction of sp³-hybridized carbons (Fsp3) is 0. The molecule has 0 heterocycles. The van der Waals surface area contributed by atoms with Crippen molar-refractivity contribution in [1.29, 1.82) is 0 Å². The molecule has 2 rings (SSSR count). The Morgan fingerprint density at radius 3 is 2.32 bits per heavy atom. The Kier molecular flexibility index (Phi) is 4.03. The second-order valence-corrected chi connectivity index (χ2v) is 6.77. The quantitative estimate of drug-likeness (QED) is 0.822. The van der Waals surface area contributed by atoms with E-state index in [4.69, 9.17) is 17.3 Å². The van der Waals surface area contributed by atoms with Crippen molar-refractivity contribution in [2.75, 3.05) is 10.5 Å². The summed E-state index contributed by atoms with van der Waals surface area (Å²) in [7, 11) is -3.71. The van der Waals surface area contributed by atoms with E-state index in [9.17, 15) is 8.42 Å². The molecule has 2 aromatic carbocycles. The number of nitrogens with two attached hydrogens (primary N) is 1. The highest BCUT2D eigenvalue weighted by Crippen LogP contribution is 2.30. The van der Waals surface area contributed by atoms with Crippen molar-refractivity contribution in [2.45, 2.75) is 4.90 Å². The average molecular weight is 362 g/mol. The number of halogens is 2. The summed E-state index contributed by atoms with van der Waals surface area (Å²) in [5.41, 5.74) is 6.17. The van der Waals surface area contributed by atoms with Gasteiger partial charge in [-0.05, 0) is 36.4 Å². The molecule has 0 saturated carbocycles. The van der Waals surface area contributed by atoms with Gasteiger partial charge in [0.2, 0.25) is 0 Å². The molecule has 0 fully saturated rings. The van der Waals surface area contributed by atoms with Gasteiger partial charge in [0.1, 0.15) is 0 Å². The molecule has 0 saturated heterocycles. The van der Waals surface area contributed by atoms with E-state index in [1.54, 1.807) is 30.3 Å². The summed E-state index contributed by atoms with van der Waals surface area (Å²) in [6, 6.07) is 11.0. The number of nitrogens with one attached hydrogen (secondary N) is 1. The van der Waals surface area contributed by atoms with Crippen molar-refractivity contribution >= 4 is 48.9 Å². The van der Waals surface area contributed by atoms with Crippen LogP contribution in [0.15, 0.2) is 51.8 Å². The van der Waals surface area contributed by atoms with E-state index in [1.165, 1.54) is 12.1 Å². The predicted molar refractivity (Wildman–Crippen MR) is 80.8 cm³/mol. The first kappa shape index (κ1) is 14.2. The molecule has 0 unspecified atom stereocenters. The SMILES string of the molecule is Nc1cccc(Cl)c1NS(=O)(=O)c1ccc(Br)cc1. The lowest BCUT2D eigenvalue weighted by atomic mass is 10.3. The van der Waals surface area contributed by atoms with E-state index < -0.39 is 10.0 Å². The number of nitrogen functional groups attached to an aromatic ring is 1. The highest BCUT2D eigenvalue weighted by molar-refractivity contribution is 9.10. The van der Waals surface area contributed by atoms with Gasteiger partial charge >= 0.3 is 0 Å². The third-order valence-corrected chi connectivity index (χ3v) is 4.62. The van der Waals surface area contributed by atoms with Gasteiger partial charge in [0.05, 0.1) is 21.3 Å². The Morgan fingerprint density at radius 2 is 1.74 bits per heavy atom. The summed E-state index contributed by atoms with van der Waals surface area (Å²) < 4.78 is 27.5. The number of benzene rings is 2. The molecule has 0 aromatic heterocycles. The van der Waals surface area contributed by atoms with Crippen LogP contribution in [0.4, 0.5) is 11.4 Å². The van der Waals surface area contributed by atoms with E-state index in [0.29, 0.717) is 0 Å². The Bertz CT molecular complexity index is 682. The van der Waals surface area contributed by atoms with Crippen LogP contribution in [0.5, 0.6) is 0 Å². The molecule has 0 spiro atoms. The first-order chi connectivity index (χ1) is 8.90. The molecule has 0 amide bonds. The van der Waals surface area contributed by atoms with Gasteiger partial charge in [-0.2, -0.15) is 0 Å². The van der Waals surface area contributed by atoms with Gasteiger partial charge in [0, 0.05) is 4.47 Å². The summed E-state index contributed by atoms with van der Waals surface area (Å²) in [6.07, 6.45) is 0. The normalized spacial score (nSPS) is 11.3. The number of hydrogen-bond acceptors (Lipinski definition) is 3. The maximum atomic E-state index is 12.2. The molecule has 7 heteroatoms. The van der Waals surface area contributed by atoms with Gasteiger partial charge in [-0.3, -0.25) is 4.72 Å². The van der Waals surface area contributed by atoms with Crippen LogP contribution in [-0.4, -0.2) is 8.42 Å². The number of hydrogen-bond donors (Lipinski definition) is 2. The molecule has 4 nitrogen and oxygen atoms in total. The maximum Gasteiger partial charge on any atom is 0.262 e. The molecule has 0 radical (unpaired) electrons. The zero-order valence-electron chi connectivity index (χ0n) is 9.60. The molecule has 0 aliphatic carbocycles. The smallest absolute Gasteiger partial charge is 0.262 e. The minimum Gasteiger partial charge on any atom is -0.397 e. The van der Waals surface area contributed by atoms with Crippen LogP contribution in [0, 0.1) is 0 Å². The molecule has 0 atom stereocenters. The van der Waals surface area contributed by atoms with E-state index in [1.807, 2.05) is 0 Å². The van der Waals surface area contributed by atoms with Crippen LogP contribution in [0.25, 0.3) is 0 Å². The lowest BCUT2D eigenvalue weighted by molar-refractivity contribution is 0.601. The van der Waals surface area contributed by atoms with Crippen LogP contribution >= 0.6 is 27.5 Å². The predicted octanol–water partition coefficient (Wildman–Crippen LogP) is 3.49. The Morgan fingerprint density at radius 1 is 1.11 bits per heavy atom. The van der Waals surface area contributed by atoms with Crippen molar-refractivity contribution in [3.63, 3.8) is 0 Å². The van der Waals surface area contributed by atoms with Crippen LogP contribution in [0.3, 0.4) is 0 Å². The van der Waals surface area contributed by atoms with Crippen LogP contribution in [0.2, 0.25) is 5.02 Å². The molecular formula is C12H10BrClN2O2S. The lowest BCUT2D eigenvalue weighted by Gasteiger charge is -2.11. The summed E-state index contributed by atoms with van der Waals surface area (Å²) in [4.78, 5) is 0.134. The summed E-state index contributed by atoms with van der Waals surface area (Å²) >= 11 is 9.18. The fourth-order valence-corrected chi connectivity index (χ4v) is 3.11. The first-order valence-corrected chi connectivity index (χ1v) is 7.88. The maximum absolute atomic E-state index is 12.2. The number of para-hydroxylation sites is 1. The summed E-state index contributed by atoms with van der Waals surface area (Å²) in [5.74, 6) is 0. The van der Waals surface area contributed by atoms with Crippen molar-refractivity contribution in [1.82, 2.24) is 0 Å². The largest absolute Gasteiger partial charge is 0.397 e. The summed E-state index contributed by atoms with van der Waals surface area (Å²) in [6.45, 7) is 0. The topological polar surface area (TPSA) is 72.2 Å². The highest BCUT2D eigenvalue weighted by Gasteiger charge is 2.17. The van der Waals surface area contributed by atoms with Crippen molar-refractivity contribution < 1.29 is 8.42 Å². The van der Waals surface area contributed by atoms with Crippen LogP contribution < -0.4 is 10.5 Å². The minimum atomic E-state index is -3.71. The second kappa shape index (κ2) is 5.40.